The number of rotatable bonds is 4. The molecule has 1 aliphatic heterocycles. The number of ether oxygens (including phenoxy) is 1. The topological polar surface area (TPSA) is 45.7 Å². The van der Waals surface area contributed by atoms with Gasteiger partial charge in [0.2, 0.25) is 5.91 Å². The van der Waals surface area contributed by atoms with Crippen LogP contribution in [0.2, 0.25) is 5.02 Å². The number of hydrogen-bond donors (Lipinski definition) is 0. The monoisotopic (exact) mass is 407 g/mol. The maximum absolute atomic E-state index is 12.4. The number of nitrogens with zero attached hydrogens (tertiary/aromatic N) is 3. The van der Waals surface area contributed by atoms with Crippen molar-refractivity contribution in [2.24, 2.45) is 0 Å². The van der Waals surface area contributed by atoms with E-state index in [2.05, 4.69) is 4.90 Å². The molecule has 8 heteroatoms. The lowest BCUT2D eigenvalue weighted by molar-refractivity contribution is -0.130. The minimum absolute atomic E-state index is 0.195. The zero-order valence-electron chi connectivity index (χ0n) is 14.3. The average molecular weight is 408 g/mol. The smallest absolute Gasteiger partial charge is 0.227 e. The maximum Gasteiger partial charge on any atom is 0.227 e. The number of carbonyl (C=O) groups is 1. The molecule has 26 heavy (non-hydrogen) atoms. The Hall–Kier alpha value is -1.83. The van der Waals surface area contributed by atoms with Crippen LogP contribution in [0.4, 0.5) is 5.13 Å². The molecule has 5 nitrogen and oxygen atoms in total. The summed E-state index contributed by atoms with van der Waals surface area (Å²) in [6, 6.07) is 7.68. The second-order valence-electron chi connectivity index (χ2n) is 6.05. The molecule has 0 bridgehead atoms. The molecule has 1 amide bonds. The minimum Gasteiger partial charge on any atom is -0.494 e. The van der Waals surface area contributed by atoms with E-state index in [4.69, 9.17) is 21.3 Å². The molecule has 1 aliphatic rings. The number of piperazine rings is 1. The Bertz CT molecular complexity index is 918. The zero-order chi connectivity index (χ0) is 18.1. The van der Waals surface area contributed by atoms with E-state index < -0.39 is 0 Å². The molecule has 0 saturated carbocycles. The Morgan fingerprint density at radius 3 is 2.77 bits per heavy atom. The Morgan fingerprint density at radius 2 is 2.08 bits per heavy atom. The molecular weight excluding hydrogens is 390 g/mol. The van der Waals surface area contributed by atoms with Gasteiger partial charge in [0.15, 0.2) is 5.13 Å². The van der Waals surface area contributed by atoms with Gasteiger partial charge in [-0.3, -0.25) is 4.79 Å². The van der Waals surface area contributed by atoms with Crippen LogP contribution in [0.15, 0.2) is 29.6 Å². The second kappa shape index (κ2) is 7.42. The molecule has 1 aromatic carbocycles. The molecule has 0 radical (unpaired) electrons. The van der Waals surface area contributed by atoms with Crippen LogP contribution in [0.1, 0.15) is 4.88 Å². The number of amides is 1. The Kier molecular flexibility index (Phi) is 5.02. The third-order valence-corrected chi connectivity index (χ3v) is 6.93. The molecule has 3 aromatic rings. The number of hydrogen-bond acceptors (Lipinski definition) is 6. The molecule has 1 fully saturated rings. The van der Waals surface area contributed by atoms with E-state index in [1.807, 2.05) is 34.5 Å². The van der Waals surface area contributed by atoms with E-state index in [0.717, 1.165) is 39.1 Å². The highest BCUT2D eigenvalue weighted by Crippen LogP contribution is 2.38. The fraction of sp³-hybridized carbons (Fsp3) is 0.333. The molecule has 3 heterocycles. The number of fused-ring (bicyclic) bond motifs is 1. The first-order chi connectivity index (χ1) is 12.7. The van der Waals surface area contributed by atoms with Crippen LogP contribution in [0, 0.1) is 0 Å². The standard InChI is InChI=1S/C18H18ClN3O2S2/c1-24-14-5-4-13(19)17-16(14)20-18(26-17)22-8-6-21(7-9-22)15(23)11-12-3-2-10-25-12/h2-5,10H,6-9,11H2,1H3. The first-order valence-corrected chi connectivity index (χ1v) is 10.4. The van der Waals surface area contributed by atoms with Gasteiger partial charge in [0.05, 0.1) is 23.3 Å². The number of carbonyl (C=O) groups excluding carboxylic acids is 1. The summed E-state index contributed by atoms with van der Waals surface area (Å²) in [5, 5.41) is 3.62. The van der Waals surface area contributed by atoms with Gasteiger partial charge in [0.25, 0.3) is 0 Å². The van der Waals surface area contributed by atoms with E-state index in [-0.39, 0.29) is 5.91 Å². The second-order valence-corrected chi connectivity index (χ2v) is 8.46. The van der Waals surface area contributed by atoms with Crippen LogP contribution in [0.5, 0.6) is 5.75 Å². The van der Waals surface area contributed by atoms with E-state index in [9.17, 15) is 4.79 Å². The third-order valence-electron chi connectivity index (χ3n) is 4.48. The zero-order valence-corrected chi connectivity index (χ0v) is 16.7. The summed E-state index contributed by atoms with van der Waals surface area (Å²) in [6.07, 6.45) is 0.492. The van der Waals surface area contributed by atoms with E-state index in [1.165, 1.54) is 0 Å². The molecular formula is C18H18ClN3O2S2. The SMILES string of the molecule is COc1ccc(Cl)c2sc(N3CCN(C(=O)Cc4cccs4)CC3)nc12. The molecule has 0 aliphatic carbocycles. The van der Waals surface area contributed by atoms with Crippen LogP contribution in [0.25, 0.3) is 10.2 Å². The highest BCUT2D eigenvalue weighted by Gasteiger charge is 2.24. The summed E-state index contributed by atoms with van der Waals surface area (Å²) in [5.74, 6) is 0.928. The number of methoxy groups -OCH3 is 1. The van der Waals surface area contributed by atoms with Crippen LogP contribution in [0.3, 0.4) is 0 Å². The molecule has 1 saturated heterocycles. The highest BCUT2D eigenvalue weighted by molar-refractivity contribution is 7.22. The van der Waals surface area contributed by atoms with Gasteiger partial charge in [0.1, 0.15) is 11.3 Å². The molecule has 0 spiro atoms. The van der Waals surface area contributed by atoms with Crippen molar-refractivity contribution in [3.8, 4) is 5.75 Å². The lowest BCUT2D eigenvalue weighted by Gasteiger charge is -2.34. The highest BCUT2D eigenvalue weighted by atomic mass is 35.5. The van der Waals surface area contributed by atoms with Crippen molar-refractivity contribution in [3.05, 3.63) is 39.5 Å². The van der Waals surface area contributed by atoms with Crippen molar-refractivity contribution in [3.63, 3.8) is 0 Å². The predicted molar refractivity (Wildman–Crippen MR) is 108 cm³/mol. The summed E-state index contributed by atoms with van der Waals surface area (Å²) in [5.41, 5.74) is 0.802. The van der Waals surface area contributed by atoms with E-state index in [0.29, 0.717) is 24.5 Å². The molecule has 0 atom stereocenters. The van der Waals surface area contributed by atoms with Gasteiger partial charge >= 0.3 is 0 Å². The van der Waals surface area contributed by atoms with Gasteiger partial charge in [-0.2, -0.15) is 0 Å². The van der Waals surface area contributed by atoms with Gasteiger partial charge in [-0.25, -0.2) is 4.98 Å². The number of thiazole rings is 1. The Labute approximate surface area is 164 Å². The van der Waals surface area contributed by atoms with Gasteiger partial charge < -0.3 is 14.5 Å². The maximum atomic E-state index is 12.4. The minimum atomic E-state index is 0.195. The Morgan fingerprint density at radius 1 is 1.27 bits per heavy atom. The number of thiophene rings is 1. The number of halogens is 1. The van der Waals surface area contributed by atoms with E-state index >= 15 is 0 Å². The van der Waals surface area contributed by atoms with Crippen molar-refractivity contribution in [2.75, 3.05) is 38.2 Å². The molecule has 2 aromatic heterocycles. The molecule has 4 rings (SSSR count). The number of benzene rings is 1. The fourth-order valence-electron chi connectivity index (χ4n) is 3.06. The van der Waals surface area contributed by atoms with Crippen molar-refractivity contribution >= 4 is 55.5 Å². The van der Waals surface area contributed by atoms with Gasteiger partial charge in [0, 0.05) is 31.1 Å². The van der Waals surface area contributed by atoms with E-state index in [1.54, 1.807) is 29.8 Å². The number of aromatic nitrogens is 1. The largest absolute Gasteiger partial charge is 0.494 e. The summed E-state index contributed by atoms with van der Waals surface area (Å²) in [4.78, 5) is 22.5. The normalized spacial score (nSPS) is 14.8. The summed E-state index contributed by atoms with van der Waals surface area (Å²) >= 11 is 9.52. The molecule has 136 valence electrons. The van der Waals surface area contributed by atoms with Crippen molar-refractivity contribution in [1.29, 1.82) is 0 Å². The fourth-order valence-corrected chi connectivity index (χ4v) is 5.07. The van der Waals surface area contributed by atoms with Gasteiger partial charge in [-0.1, -0.05) is 29.0 Å². The van der Waals surface area contributed by atoms with Crippen LogP contribution in [-0.2, 0) is 11.2 Å². The summed E-state index contributed by atoms with van der Waals surface area (Å²) < 4.78 is 6.34. The van der Waals surface area contributed by atoms with Crippen molar-refractivity contribution in [1.82, 2.24) is 9.88 Å². The van der Waals surface area contributed by atoms with Crippen LogP contribution < -0.4 is 9.64 Å². The number of anilines is 1. The quantitative estimate of drug-likeness (QED) is 0.657. The average Bonchev–Trinajstić information content (AvgIpc) is 3.32. The van der Waals surface area contributed by atoms with Crippen molar-refractivity contribution in [2.45, 2.75) is 6.42 Å². The summed E-state index contributed by atoms with van der Waals surface area (Å²) in [6.45, 7) is 2.97. The van der Waals surface area contributed by atoms with Gasteiger partial charge in [-0.05, 0) is 23.6 Å². The third kappa shape index (κ3) is 3.39. The first-order valence-electron chi connectivity index (χ1n) is 8.34. The predicted octanol–water partition coefficient (Wildman–Crippen LogP) is 3.91. The van der Waals surface area contributed by atoms with Gasteiger partial charge in [-0.15, -0.1) is 11.3 Å². The lowest BCUT2D eigenvalue weighted by Crippen LogP contribution is -2.49. The first kappa shape index (κ1) is 17.6. The molecule has 0 N–H and O–H groups in total. The van der Waals surface area contributed by atoms with Crippen LogP contribution in [-0.4, -0.2) is 49.1 Å². The lowest BCUT2D eigenvalue weighted by atomic mass is 10.2. The Balaban J connectivity index is 1.45. The summed E-state index contributed by atoms with van der Waals surface area (Å²) in [7, 11) is 1.64. The van der Waals surface area contributed by atoms with Crippen LogP contribution >= 0.6 is 34.3 Å². The van der Waals surface area contributed by atoms with Crippen molar-refractivity contribution < 1.29 is 9.53 Å². The molecule has 0 unspecified atom stereocenters.